The highest BCUT2D eigenvalue weighted by Crippen LogP contribution is 1.98. The summed E-state index contributed by atoms with van der Waals surface area (Å²) >= 11 is 0. The molecule has 0 bridgehead atoms. The minimum Gasteiger partial charge on any atom is -0.377 e. The van der Waals surface area contributed by atoms with Crippen molar-refractivity contribution in [3.05, 3.63) is 0 Å². The Bertz CT molecular complexity index is 157. The summed E-state index contributed by atoms with van der Waals surface area (Å²) in [4.78, 5) is 6.90. The fourth-order valence-corrected chi connectivity index (χ4v) is 1.45. The third-order valence-electron chi connectivity index (χ3n) is 2.42. The van der Waals surface area contributed by atoms with Crippen molar-refractivity contribution < 1.29 is 0 Å². The van der Waals surface area contributed by atoms with Crippen LogP contribution >= 0.6 is 0 Å². The van der Waals surface area contributed by atoms with Crippen molar-refractivity contribution in [1.29, 1.82) is 0 Å². The van der Waals surface area contributed by atoms with Crippen LogP contribution in [-0.2, 0) is 0 Å². The maximum absolute atomic E-state index is 4.43. The summed E-state index contributed by atoms with van der Waals surface area (Å²) in [5.74, 6) is 0. The van der Waals surface area contributed by atoms with Gasteiger partial charge < -0.3 is 10.2 Å². The monoisotopic (exact) mass is 213 g/mol. The van der Waals surface area contributed by atoms with Gasteiger partial charge in [-0.25, -0.2) is 0 Å². The number of rotatable bonds is 9. The second-order valence-electron chi connectivity index (χ2n) is 3.93. The van der Waals surface area contributed by atoms with Crippen LogP contribution in [0.4, 0.5) is 0 Å². The van der Waals surface area contributed by atoms with E-state index in [9.17, 15) is 0 Å². The Morgan fingerprint density at radius 2 is 2.07 bits per heavy atom. The summed E-state index contributed by atoms with van der Waals surface area (Å²) in [6.45, 7) is 13.0. The van der Waals surface area contributed by atoms with Gasteiger partial charge in [0.2, 0.25) is 0 Å². The van der Waals surface area contributed by atoms with Gasteiger partial charge in [0.25, 0.3) is 0 Å². The van der Waals surface area contributed by atoms with Gasteiger partial charge in [-0.15, -0.1) is 0 Å². The molecule has 90 valence electrons. The molecule has 3 nitrogen and oxygen atoms in total. The SMILES string of the molecule is CCCCN(CC)CC(C)/N=C/NCC. The molecule has 0 aliphatic carbocycles. The third kappa shape index (κ3) is 8.43. The van der Waals surface area contributed by atoms with Crippen LogP contribution in [0.25, 0.3) is 0 Å². The number of aliphatic imine (C=N–C) groups is 1. The lowest BCUT2D eigenvalue weighted by molar-refractivity contribution is 0.271. The highest BCUT2D eigenvalue weighted by Gasteiger charge is 2.05. The van der Waals surface area contributed by atoms with E-state index in [4.69, 9.17) is 0 Å². The third-order valence-corrected chi connectivity index (χ3v) is 2.42. The molecule has 0 saturated carbocycles. The first-order valence-corrected chi connectivity index (χ1v) is 6.21. The van der Waals surface area contributed by atoms with Gasteiger partial charge in [-0.1, -0.05) is 20.3 Å². The van der Waals surface area contributed by atoms with Crippen molar-refractivity contribution in [2.24, 2.45) is 4.99 Å². The van der Waals surface area contributed by atoms with Crippen LogP contribution in [0.3, 0.4) is 0 Å². The van der Waals surface area contributed by atoms with E-state index in [0.717, 1.165) is 19.6 Å². The summed E-state index contributed by atoms with van der Waals surface area (Å²) in [5, 5.41) is 3.10. The van der Waals surface area contributed by atoms with Crippen molar-refractivity contribution in [3.63, 3.8) is 0 Å². The predicted molar refractivity (Wildman–Crippen MR) is 68.7 cm³/mol. The number of nitrogens with zero attached hydrogens (tertiary/aromatic N) is 2. The first-order valence-electron chi connectivity index (χ1n) is 6.21. The van der Waals surface area contributed by atoms with Crippen LogP contribution in [-0.4, -0.2) is 43.5 Å². The van der Waals surface area contributed by atoms with Gasteiger partial charge >= 0.3 is 0 Å². The number of hydrogen-bond donors (Lipinski definition) is 1. The van der Waals surface area contributed by atoms with Crippen LogP contribution in [0, 0.1) is 0 Å². The summed E-state index contributed by atoms with van der Waals surface area (Å²) in [5.41, 5.74) is 0. The van der Waals surface area contributed by atoms with Gasteiger partial charge in [-0.05, 0) is 33.4 Å². The summed E-state index contributed by atoms with van der Waals surface area (Å²) < 4.78 is 0. The van der Waals surface area contributed by atoms with Crippen LogP contribution in [0.5, 0.6) is 0 Å². The average molecular weight is 213 g/mol. The molecule has 0 spiro atoms. The fraction of sp³-hybridized carbons (Fsp3) is 0.917. The van der Waals surface area contributed by atoms with E-state index in [1.807, 2.05) is 6.34 Å². The molecule has 0 fully saturated rings. The molecule has 0 aromatic rings. The average Bonchev–Trinajstić information content (AvgIpc) is 2.24. The van der Waals surface area contributed by atoms with Gasteiger partial charge in [0.05, 0.1) is 12.4 Å². The topological polar surface area (TPSA) is 27.6 Å². The molecular weight excluding hydrogens is 186 g/mol. The van der Waals surface area contributed by atoms with Crippen molar-refractivity contribution in [2.45, 2.75) is 46.6 Å². The Morgan fingerprint density at radius 3 is 2.60 bits per heavy atom. The molecule has 0 aliphatic rings. The first kappa shape index (κ1) is 14.4. The van der Waals surface area contributed by atoms with Gasteiger partial charge in [0.1, 0.15) is 0 Å². The molecular formula is C12H27N3. The molecule has 0 aliphatic heterocycles. The summed E-state index contributed by atoms with van der Waals surface area (Å²) in [6, 6.07) is 0.390. The summed E-state index contributed by atoms with van der Waals surface area (Å²) in [7, 11) is 0. The number of nitrogens with one attached hydrogen (secondary N) is 1. The van der Waals surface area contributed by atoms with Gasteiger partial charge in [-0.3, -0.25) is 4.99 Å². The Labute approximate surface area is 95.0 Å². The minimum absolute atomic E-state index is 0.390. The van der Waals surface area contributed by atoms with Crippen molar-refractivity contribution in [3.8, 4) is 0 Å². The van der Waals surface area contributed by atoms with E-state index < -0.39 is 0 Å². The smallest absolute Gasteiger partial charge is 0.0827 e. The molecule has 1 atom stereocenters. The second kappa shape index (κ2) is 9.97. The Kier molecular flexibility index (Phi) is 9.59. The molecule has 1 unspecified atom stereocenters. The van der Waals surface area contributed by atoms with Crippen molar-refractivity contribution in [2.75, 3.05) is 26.2 Å². The zero-order valence-electron chi connectivity index (χ0n) is 10.8. The highest BCUT2D eigenvalue weighted by molar-refractivity contribution is 5.54. The lowest BCUT2D eigenvalue weighted by Gasteiger charge is -2.22. The van der Waals surface area contributed by atoms with Gasteiger partial charge in [-0.2, -0.15) is 0 Å². The zero-order valence-corrected chi connectivity index (χ0v) is 10.8. The quantitative estimate of drug-likeness (QED) is 0.469. The number of unbranched alkanes of at least 4 members (excludes halogenated alkanes) is 1. The molecule has 15 heavy (non-hydrogen) atoms. The van der Waals surface area contributed by atoms with Crippen molar-refractivity contribution in [1.82, 2.24) is 10.2 Å². The predicted octanol–water partition coefficient (Wildman–Crippen LogP) is 2.13. The normalized spacial score (nSPS) is 13.7. The molecule has 1 N–H and O–H groups in total. The highest BCUT2D eigenvalue weighted by atomic mass is 15.1. The summed E-state index contributed by atoms with van der Waals surface area (Å²) in [6.07, 6.45) is 4.39. The van der Waals surface area contributed by atoms with Crippen LogP contribution in [0.1, 0.15) is 40.5 Å². The molecule has 0 saturated heterocycles. The fourth-order valence-electron chi connectivity index (χ4n) is 1.45. The van der Waals surface area contributed by atoms with E-state index in [1.54, 1.807) is 0 Å². The molecule has 3 heteroatoms. The molecule has 0 radical (unpaired) electrons. The van der Waals surface area contributed by atoms with E-state index in [2.05, 4.69) is 42.9 Å². The zero-order chi connectivity index (χ0) is 11.5. The van der Waals surface area contributed by atoms with Crippen LogP contribution in [0.15, 0.2) is 4.99 Å². The van der Waals surface area contributed by atoms with E-state index in [-0.39, 0.29) is 0 Å². The standard InChI is InChI=1S/C12H27N3/c1-5-8-9-15(7-3)10-12(4)14-11-13-6-2/h11-12H,5-10H2,1-4H3,(H,13,14). The van der Waals surface area contributed by atoms with E-state index >= 15 is 0 Å². The maximum Gasteiger partial charge on any atom is 0.0827 e. The van der Waals surface area contributed by atoms with E-state index in [0.29, 0.717) is 6.04 Å². The van der Waals surface area contributed by atoms with Gasteiger partial charge in [0.15, 0.2) is 0 Å². The van der Waals surface area contributed by atoms with Crippen LogP contribution < -0.4 is 5.32 Å². The lowest BCUT2D eigenvalue weighted by atomic mass is 10.2. The molecule has 0 amide bonds. The minimum atomic E-state index is 0.390. The second-order valence-corrected chi connectivity index (χ2v) is 3.93. The molecule has 0 aromatic carbocycles. The van der Waals surface area contributed by atoms with Crippen molar-refractivity contribution >= 4 is 6.34 Å². The maximum atomic E-state index is 4.43. The first-order chi connectivity index (χ1) is 7.24. The Balaban J connectivity index is 3.73. The van der Waals surface area contributed by atoms with Gasteiger partial charge in [0, 0.05) is 13.1 Å². The molecule has 0 rings (SSSR count). The number of hydrogen-bond acceptors (Lipinski definition) is 2. The Morgan fingerprint density at radius 1 is 1.33 bits per heavy atom. The van der Waals surface area contributed by atoms with E-state index in [1.165, 1.54) is 19.4 Å². The molecule has 0 heterocycles. The number of likely N-dealkylation sites (N-methyl/N-ethyl adjacent to an activating group) is 1. The molecule has 0 aromatic heterocycles. The lowest BCUT2D eigenvalue weighted by Crippen LogP contribution is -2.31. The Hall–Kier alpha value is -0.570. The van der Waals surface area contributed by atoms with Crippen LogP contribution in [0.2, 0.25) is 0 Å². The largest absolute Gasteiger partial charge is 0.377 e.